The Morgan fingerprint density at radius 3 is 0.671 bits per heavy atom. The van der Waals surface area contributed by atoms with Crippen molar-refractivity contribution in [3.63, 3.8) is 0 Å². The van der Waals surface area contributed by atoms with Gasteiger partial charge >= 0.3 is 17.1 Å². The summed E-state index contributed by atoms with van der Waals surface area (Å²) in [6, 6.07) is 41.3. The van der Waals surface area contributed by atoms with Crippen LogP contribution in [0.3, 0.4) is 0 Å². The van der Waals surface area contributed by atoms with E-state index in [0.717, 1.165) is 44.5 Å². The van der Waals surface area contributed by atoms with Crippen molar-refractivity contribution in [2.45, 2.75) is 209 Å². The van der Waals surface area contributed by atoms with E-state index in [0.29, 0.717) is 56.0 Å². The number of rotatable bonds is 4. The van der Waals surface area contributed by atoms with Crippen LogP contribution in [0.2, 0.25) is 0 Å². The van der Waals surface area contributed by atoms with Crippen molar-refractivity contribution < 1.29 is 17.1 Å². The Morgan fingerprint density at radius 1 is 0.294 bits per heavy atom. The maximum absolute atomic E-state index is 11.6. The molecule has 0 aliphatic carbocycles. The van der Waals surface area contributed by atoms with Crippen LogP contribution in [0.25, 0.3) is 89.9 Å². The van der Waals surface area contributed by atoms with Gasteiger partial charge in [0.25, 0.3) is 0 Å². The summed E-state index contributed by atoms with van der Waals surface area (Å²) in [5.74, 6) is 0. The fourth-order valence-electron chi connectivity index (χ4n) is 11.1. The van der Waals surface area contributed by atoms with Gasteiger partial charge in [-0.15, -0.1) is 22.1 Å². The maximum atomic E-state index is 11.6. The molecule has 2 aliphatic rings. The van der Waals surface area contributed by atoms with Crippen LogP contribution in [0.15, 0.2) is 97.1 Å². The van der Waals surface area contributed by atoms with E-state index in [4.69, 9.17) is 19.9 Å². The minimum Gasteiger partial charge on any atom is -0.657 e. The molecule has 6 nitrogen and oxygen atoms in total. The maximum Gasteiger partial charge on any atom is 2.00 e. The summed E-state index contributed by atoms with van der Waals surface area (Å²) in [4.78, 5) is 23.1. The van der Waals surface area contributed by atoms with Crippen molar-refractivity contribution in [1.29, 1.82) is 10.5 Å². The van der Waals surface area contributed by atoms with Gasteiger partial charge in [0.2, 0.25) is 0 Å². The minimum absolute atomic E-state index is 0. The first-order chi connectivity index (χ1) is 38.5. The topological polar surface area (TPSA) is 102 Å². The van der Waals surface area contributed by atoms with Crippen molar-refractivity contribution in [2.24, 2.45) is 0 Å². The van der Waals surface area contributed by atoms with Crippen molar-refractivity contribution in [1.82, 2.24) is 19.9 Å². The molecule has 4 aromatic carbocycles. The molecule has 3 aromatic heterocycles. The number of fused-ring (bicyclic) bond motifs is 8. The Morgan fingerprint density at radius 2 is 0.482 bits per heavy atom. The summed E-state index contributed by atoms with van der Waals surface area (Å²) in [6.07, 6.45) is 3.93. The van der Waals surface area contributed by atoms with Crippen LogP contribution < -0.4 is 9.97 Å². The van der Waals surface area contributed by atoms with E-state index < -0.39 is 0 Å². The van der Waals surface area contributed by atoms with E-state index in [9.17, 15) is 10.5 Å². The smallest absolute Gasteiger partial charge is 0.657 e. The van der Waals surface area contributed by atoms with E-state index >= 15 is 0 Å². The quantitative estimate of drug-likeness (QED) is 0.163. The number of aromatic nitrogens is 4. The van der Waals surface area contributed by atoms with E-state index in [1.807, 2.05) is 12.2 Å². The second kappa shape index (κ2) is 21.7. The van der Waals surface area contributed by atoms with Gasteiger partial charge in [0.05, 0.1) is 33.9 Å². The summed E-state index contributed by atoms with van der Waals surface area (Å²) >= 11 is 0. The van der Waals surface area contributed by atoms with E-state index in [-0.39, 0.29) is 60.4 Å². The number of benzene rings is 4. The predicted molar refractivity (Wildman–Crippen MR) is 357 cm³/mol. The summed E-state index contributed by atoms with van der Waals surface area (Å²) in [5.41, 5.74) is 20.6. The fourth-order valence-corrected chi connectivity index (χ4v) is 11.1. The molecule has 0 atom stereocenters. The van der Waals surface area contributed by atoms with E-state index in [1.54, 1.807) is 0 Å². The van der Waals surface area contributed by atoms with Gasteiger partial charge in [-0.1, -0.05) is 263 Å². The zero-order valence-corrected chi connectivity index (χ0v) is 56.3. The molecule has 85 heavy (non-hydrogen) atoms. The number of allylic oxidation sites excluding steroid dienone is 2. The zero-order valence-electron chi connectivity index (χ0n) is 55.4. The average Bonchev–Trinajstić information content (AvgIpc) is 2.03. The van der Waals surface area contributed by atoms with Crippen LogP contribution in [0.1, 0.15) is 233 Å². The molecule has 443 valence electrons. The number of nitriles is 2. The Balaban J connectivity index is 0.00000940. The molecule has 9 rings (SSSR count). The first-order valence-corrected chi connectivity index (χ1v) is 30.1. The van der Waals surface area contributed by atoms with E-state index in [1.165, 1.54) is 44.5 Å². The second-order valence-electron chi connectivity index (χ2n) is 32.2. The van der Waals surface area contributed by atoms with Crippen LogP contribution in [0.4, 0.5) is 0 Å². The molecule has 0 N–H and O–H groups in total. The van der Waals surface area contributed by atoms with Crippen LogP contribution in [0, 0.1) is 22.7 Å². The summed E-state index contributed by atoms with van der Waals surface area (Å²) < 4.78 is 0. The Bertz CT molecular complexity index is 3750. The molecule has 7 heteroatoms. The van der Waals surface area contributed by atoms with Crippen LogP contribution >= 0.6 is 0 Å². The molecule has 0 saturated carbocycles. The predicted octanol–water partition coefficient (Wildman–Crippen LogP) is 20.7. The molecule has 2 aliphatic heterocycles. The van der Waals surface area contributed by atoms with Crippen LogP contribution in [-0.2, 0) is 60.4 Å². The molecule has 0 amide bonds. The zero-order chi connectivity index (χ0) is 62.0. The minimum atomic E-state index is -0.214. The average molecular weight is 1180 g/mol. The van der Waals surface area contributed by atoms with Crippen molar-refractivity contribution in [2.75, 3.05) is 0 Å². The fraction of sp³-hybridized carbons (Fsp3) is 0.410. The van der Waals surface area contributed by atoms with Gasteiger partial charge in [-0.2, -0.15) is 10.5 Å². The normalized spacial score (nSPS) is 13.7. The van der Waals surface area contributed by atoms with Gasteiger partial charge in [-0.05, 0) is 144 Å². The van der Waals surface area contributed by atoms with Crippen molar-refractivity contribution >= 4 is 45.4 Å². The number of nitrogens with zero attached hydrogens (tertiary/aromatic N) is 6. The molecular weight excluding hydrogens is 1080 g/mol. The molecule has 0 spiro atoms. The van der Waals surface area contributed by atoms with Crippen molar-refractivity contribution in [3.05, 3.63) is 164 Å². The second-order valence-corrected chi connectivity index (χ2v) is 32.2. The third-order valence-corrected chi connectivity index (χ3v) is 16.9. The Kier molecular flexibility index (Phi) is 16.4. The van der Waals surface area contributed by atoms with E-state index in [2.05, 4.69) is 275 Å². The Hall–Kier alpha value is -7.02. The van der Waals surface area contributed by atoms with Gasteiger partial charge in [0.15, 0.2) is 0 Å². The molecular formula is C78H90CuN6. The van der Waals surface area contributed by atoms with Crippen LogP contribution in [-0.4, -0.2) is 9.97 Å². The summed E-state index contributed by atoms with van der Waals surface area (Å²) in [6.45, 7) is 54.1. The van der Waals surface area contributed by atoms with Gasteiger partial charge in [-0.25, -0.2) is 9.97 Å². The van der Waals surface area contributed by atoms with Crippen LogP contribution in [0.5, 0.6) is 0 Å². The standard InChI is InChI=1S/C78H90N6.Cu/c1-71(2,3)51-29-45(30-52(39-51)72(4,5)6)65-59-25-27-61(81-59)67(47-33-55(75(13,14)15)41-56(34-47)76(16,17)18)70-50(44-80)38-64(84-70)66(46-31-53(73(7,8)9)40-54(32-46)74(10,11)12)60-26-28-62(82-60)68(69-49(43-79)37-63(65)83-69)48-35-57(77(19,20)21)42-58(36-48)78(22,23)24;/h25-42H,1-24H3;/q-2;+2. The van der Waals surface area contributed by atoms with Gasteiger partial charge in [0, 0.05) is 0 Å². The molecule has 5 heterocycles. The number of hydrogen-bond donors (Lipinski definition) is 0. The SMILES string of the molecule is CC(C)(C)c1cc(-c2c3nc(c(-c4cc(C(C)(C)C)cc(C(C)(C)C)c4)c4ccc([n-]4)c(-c4cc(C(C)(C)C)cc(C(C)(C)C)c4)c4nc(c(-c5cc(C(C)(C)C)cc(C(C)(C)C)c5)c5ccc2[n-]5)C(C#N)=C4)C(C#N)=C3)cc(C(C)(C)C)c1.[Cu+2]. The molecule has 7 aromatic rings. The third kappa shape index (κ3) is 12.9. The van der Waals surface area contributed by atoms with Gasteiger partial charge < -0.3 is 9.97 Å². The number of hydrogen-bond acceptors (Lipinski definition) is 4. The summed E-state index contributed by atoms with van der Waals surface area (Å²) in [7, 11) is 0. The van der Waals surface area contributed by atoms with Gasteiger partial charge in [0.1, 0.15) is 12.1 Å². The molecule has 1 radical (unpaired) electrons. The molecule has 8 bridgehead atoms. The van der Waals surface area contributed by atoms with Crippen molar-refractivity contribution in [3.8, 4) is 56.6 Å². The largest absolute Gasteiger partial charge is 2.00 e. The Labute approximate surface area is 520 Å². The van der Waals surface area contributed by atoms with Gasteiger partial charge in [-0.3, -0.25) is 0 Å². The monoisotopic (exact) mass is 1170 g/mol. The molecule has 0 fully saturated rings. The first-order valence-electron chi connectivity index (χ1n) is 30.1. The first kappa shape index (κ1) is 64.0. The third-order valence-electron chi connectivity index (χ3n) is 16.9. The molecule has 0 saturated heterocycles. The molecule has 0 unspecified atom stereocenters. The summed E-state index contributed by atoms with van der Waals surface area (Å²) in [5, 5.41) is 23.2.